The van der Waals surface area contributed by atoms with E-state index in [0.29, 0.717) is 37.6 Å². The van der Waals surface area contributed by atoms with Gasteiger partial charge >= 0.3 is 4.87 Å². The zero-order valence-corrected chi connectivity index (χ0v) is 24.7. The van der Waals surface area contributed by atoms with Gasteiger partial charge in [0.15, 0.2) is 6.61 Å². The molecule has 1 saturated heterocycles. The van der Waals surface area contributed by atoms with Crippen molar-refractivity contribution in [2.45, 2.75) is 16.2 Å². The maximum atomic E-state index is 14.0. The number of fused-ring (bicyclic) bond motifs is 3. The summed E-state index contributed by atoms with van der Waals surface area (Å²) in [7, 11) is 0. The normalized spacial score (nSPS) is 19.3. The Kier molecular flexibility index (Phi) is 7.04. The van der Waals surface area contributed by atoms with Gasteiger partial charge in [-0.2, -0.15) is 0 Å². The summed E-state index contributed by atoms with van der Waals surface area (Å²) >= 11 is 8.64. The van der Waals surface area contributed by atoms with Gasteiger partial charge in [-0.1, -0.05) is 89.3 Å². The van der Waals surface area contributed by atoms with Crippen LogP contribution < -0.4 is 19.8 Å². The van der Waals surface area contributed by atoms with Crippen molar-refractivity contribution >= 4 is 74.6 Å². The molecule has 1 aromatic heterocycles. The van der Waals surface area contributed by atoms with E-state index in [0.717, 1.165) is 22.1 Å². The van der Waals surface area contributed by atoms with E-state index in [1.807, 2.05) is 48.5 Å². The molecule has 214 valence electrons. The molecule has 0 radical (unpaired) electrons. The smallest absolute Gasteiger partial charge is 0.305 e. The van der Waals surface area contributed by atoms with E-state index in [-0.39, 0.29) is 29.2 Å². The Labute approximate surface area is 258 Å². The number of rotatable bonds is 6. The van der Waals surface area contributed by atoms with Crippen molar-refractivity contribution in [3.05, 3.63) is 116 Å². The number of nitrogens with one attached hydrogen (secondary N) is 2. The molecule has 2 N–H and O–H groups in total. The molecule has 2 unspecified atom stereocenters. The first-order valence-electron chi connectivity index (χ1n) is 13.4. The van der Waals surface area contributed by atoms with Crippen LogP contribution in [0.1, 0.15) is 16.4 Å². The Bertz CT molecular complexity index is 1970. The summed E-state index contributed by atoms with van der Waals surface area (Å²) in [6.07, 6.45) is 0. The molecule has 3 heterocycles. The number of ether oxygens (including phenoxy) is 1. The molecule has 3 amide bonds. The molecule has 7 rings (SSSR count). The van der Waals surface area contributed by atoms with Crippen LogP contribution in [0.25, 0.3) is 10.8 Å². The number of nitrogens with zero attached hydrogens (tertiary/aromatic N) is 1. The molecule has 2 aliphatic heterocycles. The maximum absolute atomic E-state index is 14.0. The third kappa shape index (κ3) is 4.91. The van der Waals surface area contributed by atoms with Crippen LogP contribution in [0.3, 0.4) is 0 Å². The van der Waals surface area contributed by atoms with Gasteiger partial charge in [-0.05, 0) is 41.8 Å². The summed E-state index contributed by atoms with van der Waals surface area (Å²) in [5.74, 6) is -2.29. The highest BCUT2D eigenvalue weighted by Gasteiger charge is 2.56. The first-order valence-corrected chi connectivity index (χ1v) is 15.5. The number of para-hydroxylation sites is 1. The number of hydrogen-bond acceptors (Lipinski definition) is 7. The fourth-order valence-corrected chi connectivity index (χ4v) is 8.43. The predicted molar refractivity (Wildman–Crippen MR) is 168 cm³/mol. The Hall–Kier alpha value is -4.38. The number of H-pyrrole nitrogens is 1. The van der Waals surface area contributed by atoms with Gasteiger partial charge in [0.25, 0.3) is 5.91 Å². The van der Waals surface area contributed by atoms with E-state index in [1.165, 1.54) is 16.7 Å². The largest absolute Gasteiger partial charge is 0.483 e. The van der Waals surface area contributed by atoms with Crippen LogP contribution in [0, 0.1) is 5.92 Å². The molecule has 3 atom stereocenters. The molecule has 1 fully saturated rings. The summed E-state index contributed by atoms with van der Waals surface area (Å²) in [6.45, 7) is -0.313. The summed E-state index contributed by atoms with van der Waals surface area (Å²) in [4.78, 5) is 57.6. The van der Waals surface area contributed by atoms with E-state index < -0.39 is 17.1 Å². The number of anilines is 2. The number of aromatic nitrogens is 1. The molecule has 0 bridgehead atoms. The first-order chi connectivity index (χ1) is 20.9. The summed E-state index contributed by atoms with van der Waals surface area (Å²) in [5, 5.41) is 4.97. The lowest BCUT2D eigenvalue weighted by Gasteiger charge is -2.31. The van der Waals surface area contributed by atoms with Gasteiger partial charge in [0.2, 0.25) is 11.8 Å². The predicted octanol–water partition coefficient (Wildman–Crippen LogP) is 6.06. The highest BCUT2D eigenvalue weighted by atomic mass is 35.5. The van der Waals surface area contributed by atoms with Crippen molar-refractivity contribution in [3.63, 3.8) is 0 Å². The number of carbonyl (C=O) groups is 3. The van der Waals surface area contributed by atoms with Crippen LogP contribution in [0.4, 0.5) is 11.4 Å². The Morgan fingerprint density at radius 3 is 2.53 bits per heavy atom. The topological polar surface area (TPSA) is 109 Å². The van der Waals surface area contributed by atoms with Crippen molar-refractivity contribution in [2.24, 2.45) is 5.92 Å². The van der Waals surface area contributed by atoms with Crippen molar-refractivity contribution in [3.8, 4) is 5.75 Å². The van der Waals surface area contributed by atoms with E-state index in [4.69, 9.17) is 16.3 Å². The molecule has 0 saturated carbocycles. The minimum absolute atomic E-state index is 0.291. The Morgan fingerprint density at radius 1 is 0.930 bits per heavy atom. The number of halogens is 1. The number of imide groups is 1. The third-order valence-corrected chi connectivity index (χ3v) is 10.2. The van der Waals surface area contributed by atoms with Gasteiger partial charge in [0.1, 0.15) is 11.0 Å². The average molecular weight is 628 g/mol. The first kappa shape index (κ1) is 27.5. The molecule has 0 spiro atoms. The van der Waals surface area contributed by atoms with Crippen molar-refractivity contribution in [1.82, 2.24) is 4.98 Å². The fourth-order valence-electron chi connectivity index (χ4n) is 5.74. The lowest BCUT2D eigenvalue weighted by Crippen LogP contribution is -2.32. The monoisotopic (exact) mass is 627 g/mol. The highest BCUT2D eigenvalue weighted by molar-refractivity contribution is 8.00. The van der Waals surface area contributed by atoms with E-state index in [2.05, 4.69) is 10.3 Å². The number of carbonyl (C=O) groups excluding carboxylic acids is 3. The molecular formula is C32H22ClN3O5S2. The molecule has 4 aromatic carbocycles. The molecule has 0 aliphatic carbocycles. The van der Waals surface area contributed by atoms with E-state index >= 15 is 0 Å². The van der Waals surface area contributed by atoms with Crippen LogP contribution in [0.2, 0.25) is 5.02 Å². The van der Waals surface area contributed by atoms with Gasteiger partial charge in [-0.15, -0.1) is 0 Å². The average Bonchev–Trinajstić information content (AvgIpc) is 3.51. The van der Waals surface area contributed by atoms with Gasteiger partial charge < -0.3 is 15.0 Å². The van der Waals surface area contributed by atoms with Crippen LogP contribution in [0.15, 0.2) is 101 Å². The van der Waals surface area contributed by atoms with Crippen LogP contribution in [-0.4, -0.2) is 34.6 Å². The number of benzene rings is 4. The molecular weight excluding hydrogens is 606 g/mol. The van der Waals surface area contributed by atoms with E-state index in [1.54, 1.807) is 42.5 Å². The lowest BCUT2D eigenvalue weighted by molar-refractivity contribution is -0.122. The second kappa shape index (κ2) is 11.0. The Morgan fingerprint density at radius 2 is 1.70 bits per heavy atom. The second-order valence-corrected chi connectivity index (χ2v) is 12.7. The minimum Gasteiger partial charge on any atom is -0.483 e. The number of aromatic amines is 1. The number of thioether (sulfide) groups is 1. The van der Waals surface area contributed by atoms with Crippen LogP contribution >= 0.6 is 34.7 Å². The zero-order valence-electron chi connectivity index (χ0n) is 22.3. The minimum atomic E-state index is -0.818. The molecule has 8 nitrogen and oxygen atoms in total. The van der Waals surface area contributed by atoms with Gasteiger partial charge in [0, 0.05) is 32.5 Å². The second-order valence-electron chi connectivity index (χ2n) is 10.1. The summed E-state index contributed by atoms with van der Waals surface area (Å²) in [5.41, 5.74) is 1.66. The maximum Gasteiger partial charge on any atom is 0.305 e. The fraction of sp³-hybridized carbons (Fsp3) is 0.125. The number of hydrogen-bond donors (Lipinski definition) is 2. The summed E-state index contributed by atoms with van der Waals surface area (Å²) in [6, 6.07) is 27.1. The quantitative estimate of drug-likeness (QED) is 0.222. The van der Waals surface area contributed by atoms with Crippen LogP contribution in [-0.2, 0) is 14.4 Å². The van der Waals surface area contributed by atoms with Crippen molar-refractivity contribution in [1.29, 1.82) is 0 Å². The third-order valence-electron chi connectivity index (χ3n) is 7.57. The lowest BCUT2D eigenvalue weighted by atomic mass is 9.82. The molecule has 5 aromatic rings. The standard InChI is InChI=1S/C32H22ClN3O5S2/c33-18-13-14-23(41-16-24(37)34-22-12-6-8-17-7-4-5-11-20(17)22)21(15-18)25-26-28(42-29-27(25)43-32(40)35-29)31(39)36(30(26)38)19-9-2-1-3-10-19/h1-15,25-26,28H,16H2,(H,34,37)(H,35,40)/t25-,26?,28?/m1/s1. The Balaban J connectivity index is 1.23. The zero-order chi connectivity index (χ0) is 29.7. The summed E-state index contributed by atoms with van der Waals surface area (Å²) < 4.78 is 6.06. The molecule has 2 aliphatic rings. The van der Waals surface area contributed by atoms with Crippen molar-refractivity contribution < 1.29 is 19.1 Å². The SMILES string of the molecule is O=C(COc1ccc(Cl)cc1[C@H]1c2sc(=O)[nH]c2SC2C(=O)N(c3ccccc3)C(=O)C21)Nc1cccc2ccccc12. The van der Waals surface area contributed by atoms with Crippen molar-refractivity contribution in [2.75, 3.05) is 16.8 Å². The highest BCUT2D eigenvalue weighted by Crippen LogP contribution is 2.54. The van der Waals surface area contributed by atoms with Gasteiger partial charge in [-0.3, -0.25) is 19.2 Å². The van der Waals surface area contributed by atoms with Gasteiger partial charge in [0.05, 0.1) is 16.6 Å². The molecule has 11 heteroatoms. The van der Waals surface area contributed by atoms with Crippen LogP contribution in [0.5, 0.6) is 5.75 Å². The molecule has 43 heavy (non-hydrogen) atoms. The van der Waals surface area contributed by atoms with E-state index in [9.17, 15) is 19.2 Å². The number of amides is 3. The van der Waals surface area contributed by atoms with Gasteiger partial charge in [-0.25, -0.2) is 4.90 Å². The number of thiazole rings is 1.